The average molecular weight is 206 g/mol. The highest BCUT2D eigenvalue weighted by Gasteiger charge is 2.28. The van der Waals surface area contributed by atoms with Crippen molar-refractivity contribution in [1.82, 2.24) is 0 Å². The molecule has 2 rings (SSSR count). The predicted molar refractivity (Wildman–Crippen MR) is 61.3 cm³/mol. The Morgan fingerprint density at radius 1 is 1.06 bits per heavy atom. The molecular weight excluding hydrogens is 196 g/mol. The molecule has 1 aliphatic carbocycles. The Morgan fingerprint density at radius 2 is 1.81 bits per heavy atom. The van der Waals surface area contributed by atoms with Crippen LogP contribution in [0, 0.1) is 22.7 Å². The lowest BCUT2D eigenvalue weighted by atomic mass is 9.77. The second-order valence-corrected chi connectivity index (χ2v) is 3.76. The lowest BCUT2D eigenvalue weighted by Gasteiger charge is -2.23. The van der Waals surface area contributed by atoms with E-state index in [9.17, 15) is 5.26 Å². The fraction of sp³-hybridized carbons (Fsp3) is 0.143. The maximum Gasteiger partial charge on any atom is 0.104 e. The molecule has 1 atom stereocenters. The lowest BCUT2D eigenvalue weighted by Crippen LogP contribution is -2.21. The molecule has 1 aromatic carbocycles. The summed E-state index contributed by atoms with van der Waals surface area (Å²) in [5.41, 5.74) is 0.990. The largest absolute Gasteiger partial charge is 0.197 e. The van der Waals surface area contributed by atoms with Crippen molar-refractivity contribution in [1.29, 1.82) is 10.5 Å². The van der Waals surface area contributed by atoms with E-state index in [1.165, 1.54) is 0 Å². The molecule has 76 valence electrons. The topological polar surface area (TPSA) is 47.6 Å². The number of benzene rings is 1. The summed E-state index contributed by atoms with van der Waals surface area (Å²) in [5, 5.41) is 18.0. The van der Waals surface area contributed by atoms with Crippen molar-refractivity contribution in [3.05, 3.63) is 59.7 Å². The molecule has 0 aromatic heterocycles. The minimum absolute atomic E-state index is 0.567. The Kier molecular flexibility index (Phi) is 2.58. The van der Waals surface area contributed by atoms with Gasteiger partial charge in [-0.1, -0.05) is 36.4 Å². The van der Waals surface area contributed by atoms with E-state index >= 15 is 0 Å². The minimum atomic E-state index is -0.567. The molecule has 0 amide bonds. The molecule has 16 heavy (non-hydrogen) atoms. The third-order valence-electron chi connectivity index (χ3n) is 2.80. The molecule has 1 unspecified atom stereocenters. The fourth-order valence-electron chi connectivity index (χ4n) is 1.82. The van der Waals surface area contributed by atoms with Crippen molar-refractivity contribution in [2.45, 2.75) is 11.8 Å². The predicted octanol–water partition coefficient (Wildman–Crippen LogP) is 2.84. The van der Waals surface area contributed by atoms with Gasteiger partial charge in [0, 0.05) is 0 Å². The van der Waals surface area contributed by atoms with Crippen molar-refractivity contribution >= 4 is 0 Å². The average Bonchev–Trinajstić information content (AvgIpc) is 2.39. The van der Waals surface area contributed by atoms with Crippen LogP contribution in [0.25, 0.3) is 0 Å². The number of rotatable bonds is 1. The molecule has 0 N–H and O–H groups in total. The van der Waals surface area contributed by atoms with E-state index in [1.807, 2.05) is 36.4 Å². The fourth-order valence-corrected chi connectivity index (χ4v) is 1.82. The van der Waals surface area contributed by atoms with Crippen LogP contribution < -0.4 is 0 Å². The summed E-state index contributed by atoms with van der Waals surface area (Å²) in [6.45, 7) is 0. The van der Waals surface area contributed by atoms with Gasteiger partial charge in [-0.3, -0.25) is 0 Å². The molecule has 1 aromatic rings. The molecule has 0 spiro atoms. The van der Waals surface area contributed by atoms with E-state index in [0.717, 1.165) is 5.56 Å². The van der Waals surface area contributed by atoms with Gasteiger partial charge in [-0.2, -0.15) is 10.5 Å². The summed E-state index contributed by atoms with van der Waals surface area (Å²) in [6, 6.07) is 11.6. The van der Waals surface area contributed by atoms with Gasteiger partial charge in [0.2, 0.25) is 0 Å². The summed E-state index contributed by atoms with van der Waals surface area (Å²) < 4.78 is 0. The van der Waals surface area contributed by atoms with Gasteiger partial charge < -0.3 is 0 Å². The summed E-state index contributed by atoms with van der Waals surface area (Å²) in [4.78, 5) is 0. The van der Waals surface area contributed by atoms with Crippen LogP contribution in [0.1, 0.15) is 17.5 Å². The molecule has 0 radical (unpaired) electrons. The van der Waals surface area contributed by atoms with Gasteiger partial charge in [0.05, 0.1) is 17.7 Å². The van der Waals surface area contributed by atoms with Gasteiger partial charge in [-0.05, 0) is 24.1 Å². The van der Waals surface area contributed by atoms with Crippen LogP contribution in [-0.4, -0.2) is 0 Å². The van der Waals surface area contributed by atoms with E-state index < -0.39 is 5.41 Å². The van der Waals surface area contributed by atoms with Gasteiger partial charge in [-0.15, -0.1) is 0 Å². The van der Waals surface area contributed by atoms with E-state index in [-0.39, 0.29) is 0 Å². The molecule has 0 saturated carbocycles. The Morgan fingerprint density at radius 3 is 2.31 bits per heavy atom. The molecule has 2 nitrogen and oxygen atoms in total. The third-order valence-corrected chi connectivity index (χ3v) is 2.80. The monoisotopic (exact) mass is 206 g/mol. The van der Waals surface area contributed by atoms with Crippen molar-refractivity contribution in [2.24, 2.45) is 0 Å². The molecule has 0 saturated heterocycles. The second-order valence-electron chi connectivity index (χ2n) is 3.76. The first-order valence-electron chi connectivity index (χ1n) is 5.07. The second kappa shape index (κ2) is 4.04. The van der Waals surface area contributed by atoms with Gasteiger partial charge in [0.15, 0.2) is 0 Å². The summed E-state index contributed by atoms with van der Waals surface area (Å²) in [7, 11) is 0. The standard InChI is InChI=1S/C14H10N2/c15-10-12-4-6-13(7-5-12)14(11-16)8-2-1-3-9-14/h1-8H,9H2. The van der Waals surface area contributed by atoms with Crippen LogP contribution in [0.3, 0.4) is 0 Å². The number of nitrogens with zero attached hydrogens (tertiary/aromatic N) is 2. The van der Waals surface area contributed by atoms with Crippen LogP contribution in [0.15, 0.2) is 48.6 Å². The highest BCUT2D eigenvalue weighted by molar-refractivity contribution is 5.44. The Bertz CT molecular complexity index is 523. The molecule has 1 aliphatic rings. The van der Waals surface area contributed by atoms with Crippen molar-refractivity contribution < 1.29 is 0 Å². The summed E-state index contributed by atoms with van der Waals surface area (Å²) in [6.07, 6.45) is 8.42. The maximum absolute atomic E-state index is 9.32. The van der Waals surface area contributed by atoms with Crippen molar-refractivity contribution in [2.75, 3.05) is 0 Å². The van der Waals surface area contributed by atoms with E-state index in [0.29, 0.717) is 12.0 Å². The van der Waals surface area contributed by atoms with Gasteiger partial charge in [-0.25, -0.2) is 0 Å². The van der Waals surface area contributed by atoms with Crippen LogP contribution in [-0.2, 0) is 5.41 Å². The zero-order chi connectivity index (χ0) is 11.4. The Hall–Kier alpha value is -2.32. The van der Waals surface area contributed by atoms with Crippen LogP contribution in [0.2, 0.25) is 0 Å². The van der Waals surface area contributed by atoms with E-state index in [2.05, 4.69) is 12.1 Å². The van der Waals surface area contributed by atoms with Gasteiger partial charge in [0.25, 0.3) is 0 Å². The van der Waals surface area contributed by atoms with Crippen molar-refractivity contribution in [3.63, 3.8) is 0 Å². The number of hydrogen-bond donors (Lipinski definition) is 0. The van der Waals surface area contributed by atoms with Crippen LogP contribution >= 0.6 is 0 Å². The molecule has 0 aliphatic heterocycles. The number of nitriles is 2. The SMILES string of the molecule is N#Cc1ccc(C2(C#N)C=CC=CC2)cc1. The van der Waals surface area contributed by atoms with E-state index in [1.54, 1.807) is 12.1 Å². The van der Waals surface area contributed by atoms with Crippen LogP contribution in [0.4, 0.5) is 0 Å². The summed E-state index contributed by atoms with van der Waals surface area (Å²) >= 11 is 0. The molecular formula is C14H10N2. The first kappa shape index (κ1) is 10.2. The van der Waals surface area contributed by atoms with Crippen LogP contribution in [0.5, 0.6) is 0 Å². The highest BCUT2D eigenvalue weighted by Crippen LogP contribution is 2.31. The van der Waals surface area contributed by atoms with E-state index in [4.69, 9.17) is 5.26 Å². The van der Waals surface area contributed by atoms with Gasteiger partial charge >= 0.3 is 0 Å². The molecule has 0 fully saturated rings. The Balaban J connectivity index is 2.43. The van der Waals surface area contributed by atoms with Gasteiger partial charge in [0.1, 0.15) is 5.41 Å². The molecule has 0 bridgehead atoms. The molecule has 2 heteroatoms. The minimum Gasteiger partial charge on any atom is -0.197 e. The zero-order valence-electron chi connectivity index (χ0n) is 8.72. The number of hydrogen-bond acceptors (Lipinski definition) is 2. The zero-order valence-corrected chi connectivity index (χ0v) is 8.72. The highest BCUT2D eigenvalue weighted by atomic mass is 14.4. The molecule has 0 heterocycles. The maximum atomic E-state index is 9.32. The number of allylic oxidation sites excluding steroid dienone is 4. The Labute approximate surface area is 94.8 Å². The normalized spacial score (nSPS) is 22.4. The lowest BCUT2D eigenvalue weighted by molar-refractivity contribution is 0.691. The summed E-state index contributed by atoms with van der Waals surface area (Å²) in [5.74, 6) is 0. The quantitative estimate of drug-likeness (QED) is 0.709. The first-order valence-corrected chi connectivity index (χ1v) is 5.07. The van der Waals surface area contributed by atoms with Crippen molar-refractivity contribution in [3.8, 4) is 12.1 Å². The third kappa shape index (κ3) is 1.62. The smallest absolute Gasteiger partial charge is 0.104 e. The first-order chi connectivity index (χ1) is 7.80.